The van der Waals surface area contributed by atoms with Crippen molar-refractivity contribution in [2.75, 3.05) is 6.79 Å². The summed E-state index contributed by atoms with van der Waals surface area (Å²) >= 11 is 0. The van der Waals surface area contributed by atoms with Gasteiger partial charge < -0.3 is 14.2 Å². The number of benzene rings is 1. The van der Waals surface area contributed by atoms with E-state index >= 15 is 0 Å². The van der Waals surface area contributed by atoms with Gasteiger partial charge in [0.2, 0.25) is 6.79 Å². The Balaban J connectivity index is 1.56. The Bertz CT molecular complexity index is 483. The Labute approximate surface area is 112 Å². The summed E-state index contributed by atoms with van der Waals surface area (Å²) in [5, 5.41) is 0. The zero-order chi connectivity index (χ0) is 13.2. The molecule has 4 nitrogen and oxygen atoms in total. The summed E-state index contributed by atoms with van der Waals surface area (Å²) in [4.78, 5) is 12.1. The number of rotatable bonds is 6. The van der Waals surface area contributed by atoms with Crippen molar-refractivity contribution < 1.29 is 19.0 Å². The molecule has 2 aliphatic rings. The predicted octanol–water partition coefficient (Wildman–Crippen LogP) is 2.48. The van der Waals surface area contributed by atoms with Gasteiger partial charge in [0.15, 0.2) is 17.3 Å². The maximum absolute atomic E-state index is 12.1. The number of epoxide rings is 1. The van der Waals surface area contributed by atoms with Crippen molar-refractivity contribution in [3.05, 3.63) is 23.8 Å². The van der Waals surface area contributed by atoms with Crippen LogP contribution in [0.1, 0.15) is 31.7 Å². The number of fused-ring (bicyclic) bond motifs is 1. The van der Waals surface area contributed by atoms with Crippen LogP contribution in [-0.2, 0) is 16.0 Å². The second kappa shape index (κ2) is 5.21. The monoisotopic (exact) mass is 262 g/mol. The Hall–Kier alpha value is -1.55. The molecule has 2 atom stereocenters. The van der Waals surface area contributed by atoms with Crippen molar-refractivity contribution in [3.63, 3.8) is 0 Å². The first-order chi connectivity index (χ1) is 9.28. The molecule has 0 radical (unpaired) electrons. The van der Waals surface area contributed by atoms with Crippen LogP contribution in [0, 0.1) is 0 Å². The van der Waals surface area contributed by atoms with Crippen LogP contribution in [0.3, 0.4) is 0 Å². The van der Waals surface area contributed by atoms with Gasteiger partial charge in [-0.2, -0.15) is 0 Å². The Morgan fingerprint density at radius 3 is 3.00 bits per heavy atom. The first kappa shape index (κ1) is 12.5. The van der Waals surface area contributed by atoms with Crippen LogP contribution in [0.4, 0.5) is 0 Å². The number of ether oxygens (including phenoxy) is 3. The van der Waals surface area contributed by atoms with Crippen molar-refractivity contribution in [3.8, 4) is 11.5 Å². The highest BCUT2D eigenvalue weighted by molar-refractivity contribution is 5.87. The fraction of sp³-hybridized carbons (Fsp3) is 0.533. The molecule has 1 saturated heterocycles. The molecule has 0 amide bonds. The third kappa shape index (κ3) is 2.73. The number of carbonyl (C=O) groups is 1. The molecule has 1 aromatic rings. The average Bonchev–Trinajstić information content (AvgIpc) is 3.05. The van der Waals surface area contributed by atoms with Crippen LogP contribution in [0.2, 0.25) is 0 Å². The second-order valence-corrected chi connectivity index (χ2v) is 5.07. The Kier molecular flexibility index (Phi) is 3.42. The van der Waals surface area contributed by atoms with E-state index in [1.54, 1.807) is 0 Å². The van der Waals surface area contributed by atoms with E-state index in [4.69, 9.17) is 14.2 Å². The minimum Gasteiger partial charge on any atom is -0.454 e. The lowest BCUT2D eigenvalue weighted by Gasteiger charge is -2.01. The maximum atomic E-state index is 12.1. The minimum atomic E-state index is -0.183. The zero-order valence-corrected chi connectivity index (χ0v) is 11.1. The molecule has 1 fully saturated rings. The summed E-state index contributed by atoms with van der Waals surface area (Å²) < 4.78 is 16.0. The van der Waals surface area contributed by atoms with E-state index in [1.165, 1.54) is 0 Å². The third-order valence-corrected chi connectivity index (χ3v) is 3.56. The summed E-state index contributed by atoms with van der Waals surface area (Å²) in [5.41, 5.74) is 0.957. The standard InChI is InChI=1S/C15H18O4/c1-2-3-4-13-15(19-13)11(16)7-10-5-6-12-14(8-10)18-9-17-12/h5-6,8,13,15H,2-4,7,9H2,1H3/t13-,15-/m1/s1. The van der Waals surface area contributed by atoms with Gasteiger partial charge in [0.25, 0.3) is 0 Å². The molecule has 0 saturated carbocycles. The second-order valence-electron chi connectivity index (χ2n) is 5.07. The topological polar surface area (TPSA) is 48.1 Å². The number of hydrogen-bond donors (Lipinski definition) is 0. The molecule has 0 bridgehead atoms. The molecule has 3 rings (SSSR count). The van der Waals surface area contributed by atoms with Crippen molar-refractivity contribution in [1.82, 2.24) is 0 Å². The lowest BCUT2D eigenvalue weighted by Crippen LogP contribution is -2.12. The van der Waals surface area contributed by atoms with E-state index < -0.39 is 0 Å². The van der Waals surface area contributed by atoms with Crippen LogP contribution in [0.25, 0.3) is 0 Å². The third-order valence-electron chi connectivity index (χ3n) is 3.56. The van der Waals surface area contributed by atoms with Crippen LogP contribution in [0.5, 0.6) is 11.5 Å². The highest BCUT2D eigenvalue weighted by Gasteiger charge is 2.43. The molecule has 0 aliphatic carbocycles. The predicted molar refractivity (Wildman–Crippen MR) is 69.5 cm³/mol. The van der Waals surface area contributed by atoms with Gasteiger partial charge in [0, 0.05) is 6.42 Å². The molecule has 2 aliphatic heterocycles. The summed E-state index contributed by atoms with van der Waals surface area (Å²) in [6, 6.07) is 5.64. The van der Waals surface area contributed by atoms with E-state index in [2.05, 4.69) is 6.92 Å². The fourth-order valence-corrected chi connectivity index (χ4v) is 2.40. The van der Waals surface area contributed by atoms with Crippen molar-refractivity contribution in [2.24, 2.45) is 0 Å². The molecule has 1 aromatic carbocycles. The molecule has 0 spiro atoms. The van der Waals surface area contributed by atoms with Gasteiger partial charge in [-0.05, 0) is 24.1 Å². The van der Waals surface area contributed by atoms with E-state index in [0.29, 0.717) is 6.42 Å². The van der Waals surface area contributed by atoms with Crippen LogP contribution >= 0.6 is 0 Å². The minimum absolute atomic E-state index is 0.154. The van der Waals surface area contributed by atoms with Crippen molar-refractivity contribution in [1.29, 1.82) is 0 Å². The van der Waals surface area contributed by atoms with Crippen LogP contribution < -0.4 is 9.47 Å². The summed E-state index contributed by atoms with van der Waals surface area (Å²) in [6.07, 6.45) is 3.64. The molecule has 102 valence electrons. The maximum Gasteiger partial charge on any atom is 0.231 e. The van der Waals surface area contributed by atoms with Gasteiger partial charge in [-0.1, -0.05) is 25.8 Å². The number of ketones is 1. The molecule has 4 heteroatoms. The van der Waals surface area contributed by atoms with Gasteiger partial charge in [-0.25, -0.2) is 0 Å². The van der Waals surface area contributed by atoms with Gasteiger partial charge in [-0.3, -0.25) is 4.79 Å². The smallest absolute Gasteiger partial charge is 0.231 e. The lowest BCUT2D eigenvalue weighted by molar-refractivity contribution is -0.119. The highest BCUT2D eigenvalue weighted by atomic mass is 16.7. The largest absolute Gasteiger partial charge is 0.454 e. The molecule has 0 unspecified atom stereocenters. The van der Waals surface area contributed by atoms with Crippen molar-refractivity contribution >= 4 is 5.78 Å². The number of unbranched alkanes of at least 4 members (excludes halogenated alkanes) is 1. The average molecular weight is 262 g/mol. The van der Waals surface area contributed by atoms with Gasteiger partial charge in [0.1, 0.15) is 6.10 Å². The van der Waals surface area contributed by atoms with E-state index in [9.17, 15) is 4.79 Å². The Morgan fingerprint density at radius 1 is 1.32 bits per heavy atom. The molecule has 2 heterocycles. The first-order valence-electron chi connectivity index (χ1n) is 6.84. The lowest BCUT2D eigenvalue weighted by atomic mass is 10.0. The van der Waals surface area contributed by atoms with Crippen molar-refractivity contribution in [2.45, 2.75) is 44.8 Å². The summed E-state index contributed by atoms with van der Waals surface area (Å²) in [5.74, 6) is 1.64. The van der Waals surface area contributed by atoms with Crippen LogP contribution in [-0.4, -0.2) is 24.8 Å². The molecule has 19 heavy (non-hydrogen) atoms. The SMILES string of the molecule is CCCC[C@H]1O[C@@H]1C(=O)Cc1ccc2c(c1)OCO2. The van der Waals surface area contributed by atoms with E-state index in [0.717, 1.165) is 36.3 Å². The highest BCUT2D eigenvalue weighted by Crippen LogP contribution is 2.34. The number of Topliss-reactive ketones (excluding diaryl/α,β-unsaturated/α-hetero) is 1. The van der Waals surface area contributed by atoms with Gasteiger partial charge in [0.05, 0.1) is 6.10 Å². The van der Waals surface area contributed by atoms with Gasteiger partial charge >= 0.3 is 0 Å². The van der Waals surface area contributed by atoms with E-state index in [1.807, 2.05) is 18.2 Å². The molecule has 0 aromatic heterocycles. The summed E-state index contributed by atoms with van der Waals surface area (Å²) in [6.45, 7) is 2.41. The van der Waals surface area contributed by atoms with Crippen LogP contribution in [0.15, 0.2) is 18.2 Å². The normalized spacial score (nSPS) is 23.4. The Morgan fingerprint density at radius 2 is 2.16 bits per heavy atom. The quantitative estimate of drug-likeness (QED) is 0.739. The molecular formula is C15H18O4. The number of carbonyl (C=O) groups excluding carboxylic acids is 1. The van der Waals surface area contributed by atoms with E-state index in [-0.39, 0.29) is 24.8 Å². The molecule has 0 N–H and O–H groups in total. The number of hydrogen-bond acceptors (Lipinski definition) is 4. The molecular weight excluding hydrogens is 244 g/mol. The van der Waals surface area contributed by atoms with Gasteiger partial charge in [-0.15, -0.1) is 0 Å². The fourth-order valence-electron chi connectivity index (χ4n) is 2.40. The summed E-state index contributed by atoms with van der Waals surface area (Å²) in [7, 11) is 0. The first-order valence-corrected chi connectivity index (χ1v) is 6.84. The zero-order valence-electron chi connectivity index (χ0n) is 11.1.